The van der Waals surface area contributed by atoms with Crippen molar-refractivity contribution in [1.29, 1.82) is 0 Å². The molecule has 2 aromatic rings. The Kier molecular flexibility index (Phi) is 5.31. The van der Waals surface area contributed by atoms with E-state index in [-0.39, 0.29) is 18.2 Å². The summed E-state index contributed by atoms with van der Waals surface area (Å²) in [7, 11) is 0. The summed E-state index contributed by atoms with van der Waals surface area (Å²) >= 11 is 0. The average Bonchev–Trinajstić information content (AvgIpc) is 3.39. The fourth-order valence-corrected chi connectivity index (χ4v) is 5.36. The van der Waals surface area contributed by atoms with E-state index in [1.165, 1.54) is 12.8 Å². The minimum absolute atomic E-state index is 0.177. The molecule has 3 amide bonds. The number of piperidine rings is 1. The zero-order valence-corrected chi connectivity index (χ0v) is 18.6. The third kappa shape index (κ3) is 3.72. The Morgan fingerprint density at radius 3 is 2.56 bits per heavy atom. The third-order valence-corrected chi connectivity index (χ3v) is 7.42. The van der Waals surface area contributed by atoms with Crippen molar-refractivity contribution in [3.05, 3.63) is 41.2 Å². The van der Waals surface area contributed by atoms with Crippen LogP contribution in [0, 0.1) is 11.8 Å². The fraction of sp³-hybridized carbons (Fsp3) is 0.542. The largest absolute Gasteiger partial charge is 0.322 e. The van der Waals surface area contributed by atoms with E-state index >= 15 is 0 Å². The van der Waals surface area contributed by atoms with Gasteiger partial charge in [-0.1, -0.05) is 25.1 Å². The Bertz CT molecular complexity index is 1070. The van der Waals surface area contributed by atoms with Crippen molar-refractivity contribution in [3.8, 4) is 5.69 Å². The molecule has 5 rings (SSSR count). The van der Waals surface area contributed by atoms with Crippen LogP contribution in [0.25, 0.3) is 5.69 Å². The summed E-state index contributed by atoms with van der Waals surface area (Å²) < 4.78 is 1.74. The minimum atomic E-state index is -0.602. The van der Waals surface area contributed by atoms with E-state index in [9.17, 15) is 14.4 Å². The molecule has 1 unspecified atom stereocenters. The summed E-state index contributed by atoms with van der Waals surface area (Å²) in [4.78, 5) is 38.3. The van der Waals surface area contributed by atoms with Gasteiger partial charge in [0, 0.05) is 24.4 Å². The van der Waals surface area contributed by atoms with Gasteiger partial charge in [0.15, 0.2) is 0 Å². The van der Waals surface area contributed by atoms with Crippen LogP contribution in [0.3, 0.4) is 0 Å². The standard InChI is InChI=1S/C24H29N5O3/c1-14(2)15-3-5-16(6-4-15)20-13-29(27-26-20)18-8-7-17-12-28(24(32)19(17)11-18)21-9-10-22(30)25-23(21)31/h7-8,11,13-16,21H,3-6,9-10,12H2,1-2H3,(H,25,30,31). The van der Waals surface area contributed by atoms with Crippen molar-refractivity contribution in [2.45, 2.75) is 70.9 Å². The lowest BCUT2D eigenvalue weighted by atomic mass is 9.76. The van der Waals surface area contributed by atoms with Gasteiger partial charge in [-0.05, 0) is 61.6 Å². The van der Waals surface area contributed by atoms with Crippen LogP contribution in [0.15, 0.2) is 24.4 Å². The van der Waals surface area contributed by atoms with Gasteiger partial charge >= 0.3 is 0 Å². The van der Waals surface area contributed by atoms with Crippen LogP contribution < -0.4 is 5.32 Å². The van der Waals surface area contributed by atoms with Gasteiger partial charge in [-0.15, -0.1) is 5.10 Å². The second kappa shape index (κ2) is 8.15. The first-order valence-corrected chi connectivity index (χ1v) is 11.6. The molecule has 3 aliphatic rings. The van der Waals surface area contributed by atoms with Crippen LogP contribution >= 0.6 is 0 Å². The first kappa shape index (κ1) is 20.8. The maximum atomic E-state index is 13.1. The molecule has 1 aromatic carbocycles. The molecule has 1 N–H and O–H groups in total. The molecule has 1 aliphatic carbocycles. The molecular weight excluding hydrogens is 406 g/mol. The summed E-state index contributed by atoms with van der Waals surface area (Å²) in [5.74, 6) is 1.13. The molecule has 8 heteroatoms. The molecular formula is C24H29N5O3. The number of carbonyl (C=O) groups is 3. The van der Waals surface area contributed by atoms with Crippen molar-refractivity contribution in [1.82, 2.24) is 25.2 Å². The van der Waals surface area contributed by atoms with Gasteiger partial charge in [-0.3, -0.25) is 19.7 Å². The summed E-state index contributed by atoms with van der Waals surface area (Å²) in [5, 5.41) is 11.1. The molecule has 1 saturated heterocycles. The highest BCUT2D eigenvalue weighted by molar-refractivity contribution is 6.05. The highest BCUT2D eigenvalue weighted by Gasteiger charge is 2.39. The average molecular weight is 436 g/mol. The molecule has 168 valence electrons. The Hall–Kier alpha value is -3.03. The first-order chi connectivity index (χ1) is 15.4. The van der Waals surface area contributed by atoms with Crippen LogP contribution in [0.2, 0.25) is 0 Å². The van der Waals surface area contributed by atoms with E-state index in [0.29, 0.717) is 24.4 Å². The van der Waals surface area contributed by atoms with E-state index in [2.05, 4.69) is 29.5 Å². The van der Waals surface area contributed by atoms with Crippen LogP contribution in [0.5, 0.6) is 0 Å². The fourth-order valence-electron chi connectivity index (χ4n) is 5.36. The smallest absolute Gasteiger partial charge is 0.255 e. The number of nitrogens with zero attached hydrogens (tertiary/aromatic N) is 4. The number of imide groups is 1. The molecule has 0 bridgehead atoms. The number of benzene rings is 1. The third-order valence-electron chi connectivity index (χ3n) is 7.42. The maximum Gasteiger partial charge on any atom is 0.255 e. The molecule has 0 radical (unpaired) electrons. The predicted molar refractivity (Wildman–Crippen MR) is 117 cm³/mol. The van der Waals surface area contributed by atoms with E-state index < -0.39 is 11.9 Å². The van der Waals surface area contributed by atoms with Crippen LogP contribution in [-0.4, -0.2) is 43.7 Å². The zero-order chi connectivity index (χ0) is 22.4. The van der Waals surface area contributed by atoms with Gasteiger partial charge in [-0.25, -0.2) is 4.68 Å². The molecule has 1 aromatic heterocycles. The molecule has 2 aliphatic heterocycles. The van der Waals surface area contributed by atoms with Crippen molar-refractivity contribution >= 4 is 17.7 Å². The molecule has 8 nitrogen and oxygen atoms in total. The summed E-state index contributed by atoms with van der Waals surface area (Å²) in [6, 6.07) is 5.09. The van der Waals surface area contributed by atoms with E-state index in [4.69, 9.17) is 0 Å². The lowest BCUT2D eigenvalue weighted by Gasteiger charge is -2.29. The highest BCUT2D eigenvalue weighted by Crippen LogP contribution is 2.38. The quantitative estimate of drug-likeness (QED) is 0.745. The van der Waals surface area contributed by atoms with Gasteiger partial charge in [0.1, 0.15) is 6.04 Å². The number of hydrogen-bond donors (Lipinski definition) is 1. The molecule has 0 spiro atoms. The van der Waals surface area contributed by atoms with Crippen LogP contribution in [0.1, 0.15) is 79.9 Å². The highest BCUT2D eigenvalue weighted by atomic mass is 16.2. The molecule has 32 heavy (non-hydrogen) atoms. The lowest BCUT2D eigenvalue weighted by Crippen LogP contribution is -2.52. The molecule has 1 atom stereocenters. The first-order valence-electron chi connectivity index (χ1n) is 11.6. The zero-order valence-electron chi connectivity index (χ0n) is 18.6. The Morgan fingerprint density at radius 2 is 1.84 bits per heavy atom. The van der Waals surface area contributed by atoms with Gasteiger partial charge in [0.05, 0.1) is 17.6 Å². The van der Waals surface area contributed by atoms with Gasteiger partial charge in [0.2, 0.25) is 11.8 Å². The van der Waals surface area contributed by atoms with Crippen molar-refractivity contribution in [3.63, 3.8) is 0 Å². The number of rotatable bonds is 4. The van der Waals surface area contributed by atoms with Crippen LogP contribution in [0.4, 0.5) is 0 Å². The molecule has 1 saturated carbocycles. The van der Waals surface area contributed by atoms with Crippen molar-refractivity contribution in [2.24, 2.45) is 11.8 Å². The summed E-state index contributed by atoms with van der Waals surface area (Å²) in [6.07, 6.45) is 7.36. The Balaban J connectivity index is 1.31. The number of fused-ring (bicyclic) bond motifs is 1. The Labute approximate surface area is 187 Å². The normalized spacial score (nSPS) is 25.9. The van der Waals surface area contributed by atoms with Crippen molar-refractivity contribution < 1.29 is 14.4 Å². The van der Waals surface area contributed by atoms with E-state index in [1.54, 1.807) is 9.58 Å². The monoisotopic (exact) mass is 435 g/mol. The van der Waals surface area contributed by atoms with Gasteiger partial charge in [0.25, 0.3) is 5.91 Å². The molecule has 3 heterocycles. The van der Waals surface area contributed by atoms with E-state index in [1.807, 2.05) is 24.4 Å². The summed E-state index contributed by atoms with van der Waals surface area (Å²) in [5.41, 5.74) is 3.28. The maximum absolute atomic E-state index is 13.1. The van der Waals surface area contributed by atoms with Crippen molar-refractivity contribution in [2.75, 3.05) is 0 Å². The second-order valence-electron chi connectivity index (χ2n) is 9.69. The Morgan fingerprint density at radius 1 is 1.06 bits per heavy atom. The second-order valence-corrected chi connectivity index (χ2v) is 9.69. The number of amides is 3. The van der Waals surface area contributed by atoms with Gasteiger partial charge < -0.3 is 4.90 Å². The molecule has 2 fully saturated rings. The SMILES string of the molecule is CC(C)C1CCC(c2cn(-c3ccc4c(c3)C(=O)N(C3CCC(=O)NC3=O)C4)nn2)CC1. The van der Waals surface area contributed by atoms with E-state index in [0.717, 1.165) is 41.6 Å². The minimum Gasteiger partial charge on any atom is -0.322 e. The summed E-state index contributed by atoms with van der Waals surface area (Å²) in [6.45, 7) is 4.98. The predicted octanol–water partition coefficient (Wildman–Crippen LogP) is 2.96. The number of hydrogen-bond acceptors (Lipinski definition) is 5. The number of aromatic nitrogens is 3. The number of nitrogens with one attached hydrogen (secondary N) is 1. The topological polar surface area (TPSA) is 97.2 Å². The van der Waals surface area contributed by atoms with Gasteiger partial charge in [-0.2, -0.15) is 0 Å². The number of carbonyl (C=O) groups excluding carboxylic acids is 3. The lowest BCUT2D eigenvalue weighted by molar-refractivity contribution is -0.136. The van der Waals surface area contributed by atoms with Crippen LogP contribution in [-0.2, 0) is 16.1 Å².